The average Bonchev–Trinajstić information content (AvgIpc) is 3.37. The molecule has 4 rings (SSSR count). The van der Waals surface area contributed by atoms with Crippen molar-refractivity contribution >= 4 is 40.6 Å². The van der Waals surface area contributed by atoms with Crippen molar-refractivity contribution in [3.05, 3.63) is 45.7 Å². The number of aliphatic hydroxyl groups is 1. The Labute approximate surface area is 172 Å². The van der Waals surface area contributed by atoms with E-state index in [1.165, 1.54) is 11.3 Å². The SMILES string of the molecule is CN[C@@H]1CN(c2ccc3c(=O)c(CO)cn(-c4nccs4)c3n2)C[C@H]1OC.Cl. The third-order valence-corrected chi connectivity index (χ3v) is 5.74. The Morgan fingerprint density at radius 2 is 2.21 bits per heavy atom. The number of anilines is 1. The van der Waals surface area contributed by atoms with Gasteiger partial charge in [-0.25, -0.2) is 9.97 Å². The van der Waals surface area contributed by atoms with Gasteiger partial charge in [-0.05, 0) is 19.2 Å². The molecule has 0 bridgehead atoms. The molecule has 0 amide bonds. The maximum absolute atomic E-state index is 12.6. The molecule has 1 saturated heterocycles. The van der Waals surface area contributed by atoms with Gasteiger partial charge < -0.3 is 20.1 Å². The van der Waals surface area contributed by atoms with Crippen molar-refractivity contribution in [2.45, 2.75) is 18.8 Å². The van der Waals surface area contributed by atoms with Crippen molar-refractivity contribution in [1.82, 2.24) is 19.9 Å². The Hall–Kier alpha value is -2.04. The normalized spacial score (nSPS) is 19.2. The number of rotatable bonds is 5. The van der Waals surface area contributed by atoms with Gasteiger partial charge in [0.15, 0.2) is 16.2 Å². The number of methoxy groups -OCH3 is 1. The third kappa shape index (κ3) is 3.51. The topological polar surface area (TPSA) is 92.5 Å². The number of hydrogen-bond donors (Lipinski definition) is 2. The molecule has 1 fully saturated rings. The first kappa shape index (κ1) is 20.7. The van der Waals surface area contributed by atoms with Crippen LogP contribution in [0.3, 0.4) is 0 Å². The molecule has 150 valence electrons. The molecule has 8 nitrogen and oxygen atoms in total. The fourth-order valence-corrected chi connectivity index (χ4v) is 4.11. The summed E-state index contributed by atoms with van der Waals surface area (Å²) in [5.41, 5.74) is 0.651. The summed E-state index contributed by atoms with van der Waals surface area (Å²) in [6.07, 6.45) is 3.40. The second-order valence-corrected chi connectivity index (χ2v) is 7.31. The second kappa shape index (κ2) is 8.54. The number of pyridine rings is 2. The van der Waals surface area contributed by atoms with Gasteiger partial charge in [0.25, 0.3) is 0 Å². The fourth-order valence-electron chi connectivity index (χ4n) is 3.49. The van der Waals surface area contributed by atoms with Crippen molar-refractivity contribution in [1.29, 1.82) is 0 Å². The molecule has 0 radical (unpaired) electrons. The number of hydrogen-bond acceptors (Lipinski definition) is 8. The molecule has 10 heteroatoms. The Morgan fingerprint density at radius 3 is 2.82 bits per heavy atom. The van der Waals surface area contributed by atoms with Gasteiger partial charge in [0.05, 0.1) is 24.1 Å². The van der Waals surface area contributed by atoms with E-state index in [2.05, 4.69) is 15.2 Å². The minimum Gasteiger partial charge on any atom is -0.391 e. The molecule has 0 spiro atoms. The van der Waals surface area contributed by atoms with E-state index in [4.69, 9.17) is 9.72 Å². The molecule has 3 aromatic rings. The molecular weight excluding hydrogens is 402 g/mol. The van der Waals surface area contributed by atoms with Crippen LogP contribution < -0.4 is 15.6 Å². The van der Waals surface area contributed by atoms with E-state index in [-0.39, 0.29) is 36.6 Å². The number of likely N-dealkylation sites (N-methyl/N-ethyl adjacent to an activating group) is 1. The van der Waals surface area contributed by atoms with Crippen molar-refractivity contribution < 1.29 is 9.84 Å². The number of thiazole rings is 1. The Kier molecular flexibility index (Phi) is 6.31. The van der Waals surface area contributed by atoms with Crippen LogP contribution >= 0.6 is 23.7 Å². The molecule has 3 aromatic heterocycles. The molecule has 0 aliphatic carbocycles. The number of halogens is 1. The highest BCUT2D eigenvalue weighted by Crippen LogP contribution is 2.24. The van der Waals surface area contributed by atoms with Crippen LogP contribution in [-0.2, 0) is 11.3 Å². The van der Waals surface area contributed by atoms with E-state index >= 15 is 0 Å². The quantitative estimate of drug-likeness (QED) is 0.636. The number of aromatic nitrogens is 3. The monoisotopic (exact) mass is 423 g/mol. The van der Waals surface area contributed by atoms with Crippen molar-refractivity contribution in [2.24, 2.45) is 0 Å². The molecule has 2 N–H and O–H groups in total. The summed E-state index contributed by atoms with van der Waals surface area (Å²) >= 11 is 1.45. The number of fused-ring (bicyclic) bond motifs is 1. The molecule has 0 saturated carbocycles. The number of nitrogens with zero attached hydrogens (tertiary/aromatic N) is 4. The first-order chi connectivity index (χ1) is 13.2. The Bertz CT molecular complexity index is 998. The first-order valence-electron chi connectivity index (χ1n) is 8.67. The highest BCUT2D eigenvalue weighted by molar-refractivity contribution is 7.12. The maximum atomic E-state index is 12.6. The summed E-state index contributed by atoms with van der Waals surface area (Å²) in [6.45, 7) is 1.16. The number of aliphatic hydroxyl groups excluding tert-OH is 1. The summed E-state index contributed by atoms with van der Waals surface area (Å²) in [7, 11) is 3.63. The smallest absolute Gasteiger partial charge is 0.196 e. The van der Waals surface area contributed by atoms with Gasteiger partial charge in [-0.1, -0.05) is 0 Å². The van der Waals surface area contributed by atoms with Crippen LogP contribution in [0.25, 0.3) is 16.2 Å². The predicted octanol–water partition coefficient (Wildman–Crippen LogP) is 1.18. The molecule has 0 aromatic carbocycles. The molecular formula is C18H22ClN5O3S. The van der Waals surface area contributed by atoms with Gasteiger partial charge in [-0.15, -0.1) is 23.7 Å². The maximum Gasteiger partial charge on any atom is 0.196 e. The molecule has 1 aliphatic rings. The summed E-state index contributed by atoms with van der Waals surface area (Å²) in [4.78, 5) is 23.9. The minimum atomic E-state index is -0.326. The molecule has 28 heavy (non-hydrogen) atoms. The zero-order chi connectivity index (χ0) is 19.0. The van der Waals surface area contributed by atoms with E-state index in [9.17, 15) is 9.90 Å². The fraction of sp³-hybridized carbons (Fsp3) is 0.389. The minimum absolute atomic E-state index is 0. The van der Waals surface area contributed by atoms with E-state index in [1.54, 1.807) is 30.1 Å². The summed E-state index contributed by atoms with van der Waals surface area (Å²) in [5, 5.41) is 15.9. The number of nitrogens with one attached hydrogen (secondary N) is 1. The van der Waals surface area contributed by atoms with E-state index < -0.39 is 0 Å². The van der Waals surface area contributed by atoms with Crippen LogP contribution in [0.5, 0.6) is 0 Å². The van der Waals surface area contributed by atoms with E-state index in [0.717, 1.165) is 18.9 Å². The van der Waals surface area contributed by atoms with Crippen molar-refractivity contribution in [2.75, 3.05) is 32.1 Å². The van der Waals surface area contributed by atoms with Gasteiger partial charge >= 0.3 is 0 Å². The standard InChI is InChI=1S/C18H21N5O3S.ClH/c1-19-13-8-22(9-14(13)26-2)15-4-3-12-16(25)11(10-24)7-23(17(12)21-15)18-20-5-6-27-18;/h3-7,13-14,19,24H,8-10H2,1-2H3;1H/t13-,14-;/m1./s1. The molecule has 4 heterocycles. The highest BCUT2D eigenvalue weighted by atomic mass is 35.5. The lowest BCUT2D eigenvalue weighted by atomic mass is 10.2. The lowest BCUT2D eigenvalue weighted by molar-refractivity contribution is 0.0996. The average molecular weight is 424 g/mol. The summed E-state index contributed by atoms with van der Waals surface area (Å²) in [6, 6.07) is 3.84. The predicted molar refractivity (Wildman–Crippen MR) is 112 cm³/mol. The molecule has 1 aliphatic heterocycles. The first-order valence-corrected chi connectivity index (χ1v) is 9.55. The lowest BCUT2D eigenvalue weighted by Crippen LogP contribution is -2.37. The molecule has 0 unspecified atom stereocenters. The van der Waals surface area contributed by atoms with Gasteiger partial charge in [0.1, 0.15) is 5.82 Å². The largest absolute Gasteiger partial charge is 0.391 e. The Morgan fingerprint density at radius 1 is 1.39 bits per heavy atom. The van der Waals surface area contributed by atoms with Crippen LogP contribution in [0.4, 0.5) is 5.82 Å². The van der Waals surface area contributed by atoms with Crippen molar-refractivity contribution in [3.63, 3.8) is 0 Å². The lowest BCUT2D eigenvalue weighted by Gasteiger charge is -2.18. The van der Waals surface area contributed by atoms with E-state index in [1.807, 2.05) is 18.5 Å². The van der Waals surface area contributed by atoms with Crippen LogP contribution in [0.2, 0.25) is 0 Å². The van der Waals surface area contributed by atoms with Crippen LogP contribution in [0.1, 0.15) is 5.56 Å². The van der Waals surface area contributed by atoms with Crippen molar-refractivity contribution in [3.8, 4) is 5.13 Å². The van der Waals surface area contributed by atoms with Crippen LogP contribution in [0.15, 0.2) is 34.7 Å². The number of ether oxygens (including phenoxy) is 1. The van der Waals surface area contributed by atoms with Gasteiger partial charge in [-0.3, -0.25) is 9.36 Å². The third-order valence-electron chi connectivity index (χ3n) is 4.97. The zero-order valence-corrected chi connectivity index (χ0v) is 17.2. The Balaban J connectivity index is 0.00000225. The van der Waals surface area contributed by atoms with Gasteiger partial charge in [0.2, 0.25) is 0 Å². The zero-order valence-electron chi connectivity index (χ0n) is 15.5. The van der Waals surface area contributed by atoms with Gasteiger partial charge in [0, 0.05) is 43.5 Å². The summed E-state index contributed by atoms with van der Waals surface area (Å²) < 4.78 is 7.34. The van der Waals surface area contributed by atoms with Crippen LogP contribution in [-0.4, -0.2) is 59.0 Å². The summed E-state index contributed by atoms with van der Waals surface area (Å²) in [5.74, 6) is 0.781. The van der Waals surface area contributed by atoms with E-state index in [0.29, 0.717) is 21.7 Å². The van der Waals surface area contributed by atoms with Crippen LogP contribution in [0, 0.1) is 0 Å². The molecule has 2 atom stereocenters. The van der Waals surface area contributed by atoms with Gasteiger partial charge in [-0.2, -0.15) is 0 Å². The highest BCUT2D eigenvalue weighted by Gasteiger charge is 2.32. The second-order valence-electron chi connectivity index (χ2n) is 6.44.